The number of rotatable bonds is 4. The molecule has 0 bridgehead atoms. The van der Waals surface area contributed by atoms with Crippen LogP contribution in [0, 0.1) is 11.6 Å². The molecule has 0 aliphatic carbocycles. The van der Waals surface area contributed by atoms with E-state index in [9.17, 15) is 13.6 Å². The molecule has 1 aromatic carbocycles. The van der Waals surface area contributed by atoms with Gasteiger partial charge in [-0.1, -0.05) is 19.9 Å². The van der Waals surface area contributed by atoms with Gasteiger partial charge in [-0.15, -0.1) is 0 Å². The molecule has 0 aromatic heterocycles. The fraction of sp³-hybridized carbons (Fsp3) is 0.562. The maximum atomic E-state index is 13.6. The van der Waals surface area contributed by atoms with Crippen molar-refractivity contribution in [2.75, 3.05) is 6.61 Å². The van der Waals surface area contributed by atoms with Gasteiger partial charge < -0.3 is 10.1 Å². The van der Waals surface area contributed by atoms with E-state index >= 15 is 0 Å². The SMILES string of the molecule is CCC1(CC)CC(NC(=O)c2cccc(F)c2F)CCO1. The molecule has 1 saturated heterocycles. The van der Waals surface area contributed by atoms with Crippen molar-refractivity contribution in [3.8, 4) is 0 Å². The van der Waals surface area contributed by atoms with Crippen LogP contribution in [0.5, 0.6) is 0 Å². The molecular formula is C16H21F2NO2. The Labute approximate surface area is 123 Å². The van der Waals surface area contributed by atoms with Crippen LogP contribution in [0.4, 0.5) is 8.78 Å². The van der Waals surface area contributed by atoms with E-state index in [1.807, 2.05) is 0 Å². The lowest BCUT2D eigenvalue weighted by molar-refractivity contribution is -0.0917. The average molecular weight is 297 g/mol. The predicted octanol–water partition coefficient (Wildman–Crippen LogP) is 3.43. The second-order valence-corrected chi connectivity index (χ2v) is 5.50. The molecule has 0 radical (unpaired) electrons. The normalized spacial score (nSPS) is 21.0. The van der Waals surface area contributed by atoms with E-state index in [2.05, 4.69) is 19.2 Å². The highest BCUT2D eigenvalue weighted by atomic mass is 19.2. The first-order valence-electron chi connectivity index (χ1n) is 7.40. The Balaban J connectivity index is 2.07. The van der Waals surface area contributed by atoms with E-state index in [0.29, 0.717) is 19.4 Å². The summed E-state index contributed by atoms with van der Waals surface area (Å²) < 4.78 is 32.6. The first-order valence-corrected chi connectivity index (χ1v) is 7.40. The van der Waals surface area contributed by atoms with E-state index in [1.165, 1.54) is 12.1 Å². The summed E-state index contributed by atoms with van der Waals surface area (Å²) in [6, 6.07) is 3.55. The van der Waals surface area contributed by atoms with Crippen molar-refractivity contribution in [3.63, 3.8) is 0 Å². The maximum absolute atomic E-state index is 13.6. The van der Waals surface area contributed by atoms with Crippen molar-refractivity contribution < 1.29 is 18.3 Å². The van der Waals surface area contributed by atoms with Gasteiger partial charge in [-0.25, -0.2) is 8.78 Å². The number of carbonyl (C=O) groups is 1. The molecule has 1 fully saturated rings. The topological polar surface area (TPSA) is 38.3 Å². The summed E-state index contributed by atoms with van der Waals surface area (Å²) in [6.45, 7) is 4.68. The first-order chi connectivity index (χ1) is 10.0. The summed E-state index contributed by atoms with van der Waals surface area (Å²) in [6.07, 6.45) is 3.11. The van der Waals surface area contributed by atoms with Gasteiger partial charge in [0, 0.05) is 12.6 Å². The number of hydrogen-bond donors (Lipinski definition) is 1. The number of carbonyl (C=O) groups excluding carboxylic acids is 1. The van der Waals surface area contributed by atoms with Crippen LogP contribution in [0.25, 0.3) is 0 Å². The molecule has 5 heteroatoms. The summed E-state index contributed by atoms with van der Waals surface area (Å²) in [5.74, 6) is -2.68. The second-order valence-electron chi connectivity index (χ2n) is 5.50. The van der Waals surface area contributed by atoms with Gasteiger partial charge in [0.25, 0.3) is 5.91 Å². The van der Waals surface area contributed by atoms with Crippen molar-refractivity contribution in [1.29, 1.82) is 0 Å². The molecule has 0 saturated carbocycles. The molecule has 0 spiro atoms. The van der Waals surface area contributed by atoms with E-state index in [0.717, 1.165) is 18.9 Å². The van der Waals surface area contributed by atoms with Gasteiger partial charge in [-0.3, -0.25) is 4.79 Å². The lowest BCUT2D eigenvalue weighted by Gasteiger charge is -2.40. The van der Waals surface area contributed by atoms with Crippen molar-refractivity contribution in [1.82, 2.24) is 5.32 Å². The molecule has 1 amide bonds. The van der Waals surface area contributed by atoms with E-state index in [-0.39, 0.29) is 17.2 Å². The number of ether oxygens (including phenoxy) is 1. The molecule has 21 heavy (non-hydrogen) atoms. The van der Waals surface area contributed by atoms with Gasteiger partial charge in [0.1, 0.15) is 0 Å². The highest BCUT2D eigenvalue weighted by Gasteiger charge is 2.35. The zero-order chi connectivity index (χ0) is 15.5. The van der Waals surface area contributed by atoms with Crippen LogP contribution in [0.1, 0.15) is 49.9 Å². The molecular weight excluding hydrogens is 276 g/mol. The van der Waals surface area contributed by atoms with Gasteiger partial charge >= 0.3 is 0 Å². The summed E-state index contributed by atoms with van der Waals surface area (Å²) in [4.78, 5) is 12.1. The lowest BCUT2D eigenvalue weighted by atomic mass is 9.86. The minimum Gasteiger partial charge on any atom is -0.375 e. The number of amides is 1. The summed E-state index contributed by atoms with van der Waals surface area (Å²) in [7, 11) is 0. The van der Waals surface area contributed by atoms with Crippen molar-refractivity contribution in [3.05, 3.63) is 35.4 Å². The number of nitrogens with one attached hydrogen (secondary N) is 1. The minimum atomic E-state index is -1.10. The van der Waals surface area contributed by atoms with E-state index < -0.39 is 17.5 Å². The Morgan fingerprint density at radius 2 is 2.10 bits per heavy atom. The third-order valence-corrected chi connectivity index (χ3v) is 4.31. The van der Waals surface area contributed by atoms with E-state index in [4.69, 9.17) is 4.74 Å². The number of hydrogen-bond acceptors (Lipinski definition) is 2. The van der Waals surface area contributed by atoms with Crippen LogP contribution in [-0.2, 0) is 4.74 Å². The molecule has 1 aliphatic rings. The molecule has 1 heterocycles. The molecule has 2 rings (SSSR count). The van der Waals surface area contributed by atoms with Crippen molar-refractivity contribution in [2.45, 2.75) is 51.2 Å². The standard InChI is InChI=1S/C16H21F2NO2/c1-3-16(4-2)10-11(8-9-21-16)19-15(20)12-6-5-7-13(17)14(12)18/h5-7,11H,3-4,8-10H2,1-2H3,(H,19,20). The Morgan fingerprint density at radius 1 is 1.38 bits per heavy atom. The summed E-state index contributed by atoms with van der Waals surface area (Å²) in [5.41, 5.74) is -0.475. The van der Waals surface area contributed by atoms with Gasteiger partial charge in [0.05, 0.1) is 11.2 Å². The van der Waals surface area contributed by atoms with Crippen LogP contribution in [0.2, 0.25) is 0 Å². The van der Waals surface area contributed by atoms with Crippen LogP contribution < -0.4 is 5.32 Å². The van der Waals surface area contributed by atoms with E-state index in [1.54, 1.807) is 0 Å². The number of halogens is 2. The van der Waals surface area contributed by atoms with Crippen LogP contribution in [0.15, 0.2) is 18.2 Å². The van der Waals surface area contributed by atoms with Gasteiger partial charge in [-0.2, -0.15) is 0 Å². The van der Waals surface area contributed by atoms with Crippen molar-refractivity contribution in [2.24, 2.45) is 0 Å². The average Bonchev–Trinajstić information content (AvgIpc) is 2.50. The maximum Gasteiger partial charge on any atom is 0.254 e. The lowest BCUT2D eigenvalue weighted by Crippen LogP contribution is -2.48. The highest BCUT2D eigenvalue weighted by Crippen LogP contribution is 2.31. The third-order valence-electron chi connectivity index (χ3n) is 4.31. The first kappa shape index (κ1) is 15.9. The molecule has 1 atom stereocenters. The Bertz CT molecular complexity index is 515. The third kappa shape index (κ3) is 3.40. The fourth-order valence-corrected chi connectivity index (χ4v) is 2.84. The zero-order valence-corrected chi connectivity index (χ0v) is 12.4. The smallest absolute Gasteiger partial charge is 0.254 e. The van der Waals surface area contributed by atoms with Gasteiger partial charge in [0.15, 0.2) is 11.6 Å². The van der Waals surface area contributed by atoms with Gasteiger partial charge in [-0.05, 0) is 37.8 Å². The quantitative estimate of drug-likeness (QED) is 0.924. The van der Waals surface area contributed by atoms with Crippen molar-refractivity contribution >= 4 is 5.91 Å². The molecule has 1 N–H and O–H groups in total. The molecule has 3 nitrogen and oxygen atoms in total. The monoisotopic (exact) mass is 297 g/mol. The van der Waals surface area contributed by atoms with Crippen LogP contribution >= 0.6 is 0 Å². The molecule has 1 aromatic rings. The van der Waals surface area contributed by atoms with Crippen LogP contribution in [0.3, 0.4) is 0 Å². The predicted molar refractivity (Wildman–Crippen MR) is 76.1 cm³/mol. The highest BCUT2D eigenvalue weighted by molar-refractivity contribution is 5.94. The summed E-state index contributed by atoms with van der Waals surface area (Å²) in [5, 5.41) is 2.80. The van der Waals surface area contributed by atoms with Crippen LogP contribution in [-0.4, -0.2) is 24.2 Å². The Morgan fingerprint density at radius 3 is 2.76 bits per heavy atom. The van der Waals surface area contributed by atoms with Gasteiger partial charge in [0.2, 0.25) is 0 Å². The molecule has 1 aliphatic heterocycles. The molecule has 116 valence electrons. The fourth-order valence-electron chi connectivity index (χ4n) is 2.84. The minimum absolute atomic E-state index is 0.0752. The summed E-state index contributed by atoms with van der Waals surface area (Å²) >= 11 is 0. The molecule has 1 unspecified atom stereocenters. The largest absolute Gasteiger partial charge is 0.375 e. The Kier molecular flexibility index (Phi) is 4.93. The second kappa shape index (κ2) is 6.52. The zero-order valence-electron chi connectivity index (χ0n) is 12.4. The Hall–Kier alpha value is -1.49. The number of benzene rings is 1.